The van der Waals surface area contributed by atoms with E-state index in [1.807, 2.05) is 0 Å². The summed E-state index contributed by atoms with van der Waals surface area (Å²) in [5, 5.41) is 0. The van der Waals surface area contributed by atoms with E-state index in [1.54, 1.807) is 0 Å². The van der Waals surface area contributed by atoms with Crippen LogP contribution in [0.15, 0.2) is 12.2 Å². The van der Waals surface area contributed by atoms with Crippen molar-refractivity contribution in [3.63, 3.8) is 0 Å². The molecule has 0 heteroatoms. The van der Waals surface area contributed by atoms with Gasteiger partial charge in [-0.25, -0.2) is 0 Å². The van der Waals surface area contributed by atoms with Crippen molar-refractivity contribution in [2.45, 2.75) is 33.1 Å². The monoisotopic (exact) mass is 124 g/mol. The van der Waals surface area contributed by atoms with Crippen LogP contribution >= 0.6 is 0 Å². The van der Waals surface area contributed by atoms with Crippen LogP contribution in [-0.2, 0) is 0 Å². The van der Waals surface area contributed by atoms with Gasteiger partial charge in [-0.05, 0) is 38.0 Å². The van der Waals surface area contributed by atoms with Crippen molar-refractivity contribution in [2.75, 3.05) is 0 Å². The summed E-state index contributed by atoms with van der Waals surface area (Å²) in [5.41, 5.74) is 0. The largest absolute Gasteiger partial charge is 0.0914 e. The molecule has 0 aromatic rings. The molecule has 0 spiro atoms. The molecule has 0 aliphatic heterocycles. The Kier molecular flexibility index (Phi) is 2.32. The maximum Gasteiger partial charge on any atom is -0.0208 e. The lowest BCUT2D eigenvalue weighted by Gasteiger charge is -2.05. The van der Waals surface area contributed by atoms with E-state index < -0.39 is 0 Å². The number of hydrogen-bond acceptors (Lipinski definition) is 0. The molecule has 1 fully saturated rings. The zero-order chi connectivity index (χ0) is 6.69. The van der Waals surface area contributed by atoms with Gasteiger partial charge in [0.1, 0.15) is 0 Å². The molecule has 0 heterocycles. The first-order chi connectivity index (χ1) is 4.38. The van der Waals surface area contributed by atoms with Gasteiger partial charge in [-0.15, -0.1) is 0 Å². The van der Waals surface area contributed by atoms with Crippen molar-refractivity contribution < 1.29 is 0 Å². The molecule has 0 bridgehead atoms. The highest BCUT2D eigenvalue weighted by Crippen LogP contribution is 2.38. The molecule has 0 N–H and O–H groups in total. The summed E-state index contributed by atoms with van der Waals surface area (Å²) in [4.78, 5) is 0. The van der Waals surface area contributed by atoms with Gasteiger partial charge in [0, 0.05) is 0 Å². The zero-order valence-corrected chi connectivity index (χ0v) is 6.43. The molecule has 1 aliphatic carbocycles. The van der Waals surface area contributed by atoms with E-state index in [2.05, 4.69) is 26.0 Å². The normalized spacial score (nSPS) is 22.9. The van der Waals surface area contributed by atoms with Gasteiger partial charge < -0.3 is 0 Å². The predicted octanol–water partition coefficient (Wildman–Crippen LogP) is 3.00. The summed E-state index contributed by atoms with van der Waals surface area (Å²) >= 11 is 0. The van der Waals surface area contributed by atoms with Crippen LogP contribution in [0.4, 0.5) is 0 Å². The molecule has 52 valence electrons. The Morgan fingerprint density at radius 1 is 1.56 bits per heavy atom. The minimum absolute atomic E-state index is 0.898. The van der Waals surface area contributed by atoms with Gasteiger partial charge in [0.2, 0.25) is 0 Å². The van der Waals surface area contributed by atoms with Crippen molar-refractivity contribution >= 4 is 0 Å². The van der Waals surface area contributed by atoms with Gasteiger partial charge in [0.05, 0.1) is 0 Å². The van der Waals surface area contributed by atoms with Gasteiger partial charge >= 0.3 is 0 Å². The SMILES string of the molecule is CC=CC(CC)C1CC1. The number of allylic oxidation sites excluding steroid dienone is 2. The van der Waals surface area contributed by atoms with Gasteiger partial charge in [-0.1, -0.05) is 19.1 Å². The highest BCUT2D eigenvalue weighted by Gasteiger charge is 2.27. The highest BCUT2D eigenvalue weighted by molar-refractivity contribution is 4.93. The van der Waals surface area contributed by atoms with E-state index in [0.717, 1.165) is 11.8 Å². The van der Waals surface area contributed by atoms with Crippen LogP contribution in [0.1, 0.15) is 33.1 Å². The second-order valence-corrected chi connectivity index (χ2v) is 2.94. The van der Waals surface area contributed by atoms with Crippen molar-refractivity contribution in [2.24, 2.45) is 11.8 Å². The fourth-order valence-corrected chi connectivity index (χ4v) is 1.40. The number of hydrogen-bond donors (Lipinski definition) is 0. The standard InChI is InChI=1S/C9H16/c1-3-5-8(4-2)9-6-7-9/h3,5,8-9H,4,6-7H2,1-2H3. The minimum Gasteiger partial charge on any atom is -0.0914 e. The topological polar surface area (TPSA) is 0 Å². The van der Waals surface area contributed by atoms with Crippen molar-refractivity contribution in [3.8, 4) is 0 Å². The third kappa shape index (κ3) is 1.85. The first-order valence-corrected chi connectivity index (χ1v) is 4.01. The van der Waals surface area contributed by atoms with Gasteiger partial charge in [0.25, 0.3) is 0 Å². The molecule has 0 radical (unpaired) electrons. The molecular formula is C9H16. The van der Waals surface area contributed by atoms with Crippen molar-refractivity contribution in [1.29, 1.82) is 0 Å². The minimum atomic E-state index is 0.898. The average Bonchev–Trinajstić information content (AvgIpc) is 2.64. The Hall–Kier alpha value is -0.260. The molecular weight excluding hydrogens is 108 g/mol. The average molecular weight is 124 g/mol. The maximum absolute atomic E-state index is 2.36. The van der Waals surface area contributed by atoms with E-state index in [1.165, 1.54) is 19.3 Å². The Morgan fingerprint density at radius 3 is 2.56 bits per heavy atom. The smallest absolute Gasteiger partial charge is 0.0208 e. The molecule has 0 aromatic carbocycles. The Balaban J connectivity index is 2.28. The molecule has 1 unspecified atom stereocenters. The van der Waals surface area contributed by atoms with Gasteiger partial charge in [0.15, 0.2) is 0 Å². The zero-order valence-electron chi connectivity index (χ0n) is 6.43. The van der Waals surface area contributed by atoms with Crippen LogP contribution in [0, 0.1) is 11.8 Å². The van der Waals surface area contributed by atoms with Crippen LogP contribution in [0.25, 0.3) is 0 Å². The fourth-order valence-electron chi connectivity index (χ4n) is 1.40. The van der Waals surface area contributed by atoms with Crippen LogP contribution < -0.4 is 0 Å². The van der Waals surface area contributed by atoms with E-state index in [-0.39, 0.29) is 0 Å². The molecule has 1 atom stereocenters. The first kappa shape index (κ1) is 6.85. The van der Waals surface area contributed by atoms with Crippen LogP contribution in [0.2, 0.25) is 0 Å². The van der Waals surface area contributed by atoms with E-state index in [0.29, 0.717) is 0 Å². The predicted molar refractivity (Wildman–Crippen MR) is 41.3 cm³/mol. The molecule has 1 saturated carbocycles. The summed E-state index contributed by atoms with van der Waals surface area (Å²) in [7, 11) is 0. The van der Waals surface area contributed by atoms with E-state index in [4.69, 9.17) is 0 Å². The van der Waals surface area contributed by atoms with Crippen LogP contribution in [-0.4, -0.2) is 0 Å². The third-order valence-electron chi connectivity index (χ3n) is 2.14. The molecule has 0 saturated heterocycles. The molecule has 9 heavy (non-hydrogen) atoms. The molecule has 1 aliphatic rings. The molecule has 0 nitrogen and oxygen atoms in total. The maximum atomic E-state index is 2.36. The lowest BCUT2D eigenvalue weighted by Crippen LogP contribution is -1.95. The first-order valence-electron chi connectivity index (χ1n) is 4.01. The molecule has 1 rings (SSSR count). The summed E-state index contributed by atoms with van der Waals surface area (Å²) in [6.07, 6.45) is 8.82. The number of rotatable bonds is 3. The van der Waals surface area contributed by atoms with E-state index >= 15 is 0 Å². The lowest BCUT2D eigenvalue weighted by molar-refractivity contribution is 0.550. The second kappa shape index (κ2) is 3.05. The van der Waals surface area contributed by atoms with Crippen LogP contribution in [0.3, 0.4) is 0 Å². The van der Waals surface area contributed by atoms with Crippen LogP contribution in [0.5, 0.6) is 0 Å². The lowest BCUT2D eigenvalue weighted by atomic mass is 10.0. The van der Waals surface area contributed by atoms with Crippen molar-refractivity contribution in [3.05, 3.63) is 12.2 Å². The second-order valence-electron chi connectivity index (χ2n) is 2.94. The summed E-state index contributed by atoms with van der Waals surface area (Å²) in [6.45, 7) is 4.40. The van der Waals surface area contributed by atoms with Gasteiger partial charge in [-0.3, -0.25) is 0 Å². The Bertz CT molecular complexity index is 98.6. The summed E-state index contributed by atoms with van der Waals surface area (Å²) in [6, 6.07) is 0. The third-order valence-corrected chi connectivity index (χ3v) is 2.14. The summed E-state index contributed by atoms with van der Waals surface area (Å²) < 4.78 is 0. The van der Waals surface area contributed by atoms with Crippen molar-refractivity contribution in [1.82, 2.24) is 0 Å². The highest BCUT2D eigenvalue weighted by atomic mass is 14.3. The molecule has 0 amide bonds. The van der Waals surface area contributed by atoms with E-state index in [9.17, 15) is 0 Å². The molecule has 0 aromatic heterocycles. The van der Waals surface area contributed by atoms with Gasteiger partial charge in [-0.2, -0.15) is 0 Å². The Labute approximate surface area is 58.0 Å². The quantitative estimate of drug-likeness (QED) is 0.507. The fraction of sp³-hybridized carbons (Fsp3) is 0.778. The summed E-state index contributed by atoms with van der Waals surface area (Å²) in [5.74, 6) is 1.95. The Morgan fingerprint density at radius 2 is 2.22 bits per heavy atom.